The first-order valence-electron chi connectivity index (χ1n) is 7.36. The fraction of sp³-hybridized carbons (Fsp3) is 0.533. The Balaban J connectivity index is 1.76. The van der Waals surface area contributed by atoms with E-state index in [9.17, 15) is 0 Å². The maximum absolute atomic E-state index is 6.17. The summed E-state index contributed by atoms with van der Waals surface area (Å²) in [5.74, 6) is 2.96. The van der Waals surface area contributed by atoms with Crippen molar-refractivity contribution in [1.29, 1.82) is 0 Å². The lowest BCUT2D eigenvalue weighted by Gasteiger charge is -2.11. The summed E-state index contributed by atoms with van der Waals surface area (Å²) in [4.78, 5) is 8.12. The first-order chi connectivity index (χ1) is 9.81. The monoisotopic (exact) mass is 273 g/mol. The predicted octanol–water partition coefficient (Wildman–Crippen LogP) is 2.32. The molecule has 3 N–H and O–H groups in total. The number of benzene rings is 1. The maximum atomic E-state index is 6.17. The van der Waals surface area contributed by atoms with Gasteiger partial charge in [-0.1, -0.05) is 6.42 Å². The Morgan fingerprint density at radius 1 is 1.10 bits per heavy atom. The topological polar surface area (TPSA) is 73.2 Å². The van der Waals surface area contributed by atoms with E-state index < -0.39 is 0 Å². The number of aromatic nitrogens is 2. The smallest absolute Gasteiger partial charge is 0.163 e. The van der Waals surface area contributed by atoms with Gasteiger partial charge in [-0.3, -0.25) is 0 Å². The fourth-order valence-corrected chi connectivity index (χ4v) is 3.19. The highest BCUT2D eigenvalue weighted by Gasteiger charge is 2.28. The van der Waals surface area contributed by atoms with E-state index in [1.54, 1.807) is 0 Å². The molecule has 1 aliphatic heterocycles. The molecular formula is C15H19N3O2. The second kappa shape index (κ2) is 4.66. The Morgan fingerprint density at radius 3 is 2.65 bits per heavy atom. The van der Waals surface area contributed by atoms with Crippen molar-refractivity contribution in [3.05, 3.63) is 18.0 Å². The lowest BCUT2D eigenvalue weighted by molar-refractivity contribution is 0.297. The normalized spacial score (nSPS) is 25.9. The van der Waals surface area contributed by atoms with Crippen LogP contribution >= 0.6 is 0 Å². The van der Waals surface area contributed by atoms with E-state index >= 15 is 0 Å². The van der Waals surface area contributed by atoms with Crippen molar-refractivity contribution in [2.75, 3.05) is 13.2 Å². The highest BCUT2D eigenvalue weighted by molar-refractivity contribution is 5.80. The highest BCUT2D eigenvalue weighted by Crippen LogP contribution is 2.36. The lowest BCUT2D eigenvalue weighted by atomic mass is 10.0. The van der Waals surface area contributed by atoms with Crippen LogP contribution in [0, 0.1) is 0 Å². The number of hydrogen-bond acceptors (Lipinski definition) is 4. The van der Waals surface area contributed by atoms with Gasteiger partial charge in [-0.15, -0.1) is 0 Å². The number of nitrogens with one attached hydrogen (secondary N) is 1. The maximum Gasteiger partial charge on any atom is 0.163 e. The summed E-state index contributed by atoms with van der Waals surface area (Å²) in [6.07, 6.45) is 4.31. The van der Waals surface area contributed by atoms with E-state index in [1.807, 2.05) is 12.1 Å². The second-order valence-electron chi connectivity index (χ2n) is 5.69. The summed E-state index contributed by atoms with van der Waals surface area (Å²) in [6.45, 7) is 1.40. The van der Waals surface area contributed by atoms with Crippen LogP contribution in [-0.4, -0.2) is 29.2 Å². The van der Waals surface area contributed by atoms with Gasteiger partial charge in [0.1, 0.15) is 5.82 Å². The molecule has 1 aromatic heterocycles. The van der Waals surface area contributed by atoms with Crippen molar-refractivity contribution < 1.29 is 9.47 Å². The number of aromatic amines is 1. The van der Waals surface area contributed by atoms with E-state index in [-0.39, 0.29) is 6.04 Å². The Morgan fingerprint density at radius 2 is 1.90 bits per heavy atom. The fourth-order valence-electron chi connectivity index (χ4n) is 3.19. The van der Waals surface area contributed by atoms with Gasteiger partial charge in [-0.05, 0) is 12.8 Å². The summed E-state index contributed by atoms with van der Waals surface area (Å²) in [7, 11) is 0. The van der Waals surface area contributed by atoms with E-state index in [0.717, 1.165) is 47.6 Å². The van der Waals surface area contributed by atoms with Crippen LogP contribution in [0.5, 0.6) is 11.5 Å². The minimum Gasteiger partial charge on any atom is -0.489 e. The van der Waals surface area contributed by atoms with E-state index in [4.69, 9.17) is 20.2 Å². The molecule has 0 bridgehead atoms. The number of nitrogens with two attached hydrogens (primary N) is 1. The molecule has 2 atom stereocenters. The van der Waals surface area contributed by atoms with Gasteiger partial charge in [0.05, 0.1) is 24.2 Å². The third kappa shape index (κ3) is 1.93. The van der Waals surface area contributed by atoms with Crippen LogP contribution in [0.25, 0.3) is 11.0 Å². The molecule has 20 heavy (non-hydrogen) atoms. The van der Waals surface area contributed by atoms with Gasteiger partial charge in [0, 0.05) is 30.5 Å². The Labute approximate surface area is 117 Å². The van der Waals surface area contributed by atoms with Gasteiger partial charge in [-0.25, -0.2) is 4.98 Å². The molecule has 0 saturated heterocycles. The minimum absolute atomic E-state index is 0.223. The molecule has 4 rings (SSSR count). The summed E-state index contributed by atoms with van der Waals surface area (Å²) in [5, 5.41) is 0. The number of imidazole rings is 1. The van der Waals surface area contributed by atoms with E-state index in [1.165, 1.54) is 6.42 Å². The summed E-state index contributed by atoms with van der Waals surface area (Å²) < 4.78 is 11.4. The molecule has 2 heterocycles. The molecule has 1 aromatic carbocycles. The molecule has 1 fully saturated rings. The number of hydrogen-bond donors (Lipinski definition) is 2. The molecule has 1 saturated carbocycles. The highest BCUT2D eigenvalue weighted by atomic mass is 16.5. The zero-order valence-corrected chi connectivity index (χ0v) is 11.4. The second-order valence-corrected chi connectivity index (χ2v) is 5.69. The van der Waals surface area contributed by atoms with Crippen LogP contribution in [-0.2, 0) is 0 Å². The quantitative estimate of drug-likeness (QED) is 0.836. The predicted molar refractivity (Wildman–Crippen MR) is 76.3 cm³/mol. The molecule has 5 nitrogen and oxygen atoms in total. The lowest BCUT2D eigenvalue weighted by Crippen LogP contribution is -2.23. The third-order valence-electron chi connectivity index (χ3n) is 4.29. The van der Waals surface area contributed by atoms with Crippen molar-refractivity contribution in [3.8, 4) is 11.5 Å². The number of rotatable bonds is 1. The van der Waals surface area contributed by atoms with Crippen molar-refractivity contribution in [3.63, 3.8) is 0 Å². The van der Waals surface area contributed by atoms with Crippen molar-refractivity contribution >= 4 is 11.0 Å². The molecule has 0 amide bonds. The Kier molecular flexibility index (Phi) is 2.80. The largest absolute Gasteiger partial charge is 0.489 e. The number of ether oxygens (including phenoxy) is 2. The summed E-state index contributed by atoms with van der Waals surface area (Å²) >= 11 is 0. The van der Waals surface area contributed by atoms with Crippen LogP contribution in [0.2, 0.25) is 0 Å². The molecule has 0 spiro atoms. The molecule has 5 heteroatoms. The molecular weight excluding hydrogens is 254 g/mol. The molecule has 106 valence electrons. The average Bonchev–Trinajstić information content (AvgIpc) is 2.96. The van der Waals surface area contributed by atoms with E-state index in [2.05, 4.69) is 4.98 Å². The first kappa shape index (κ1) is 12.0. The zero-order chi connectivity index (χ0) is 13.5. The summed E-state index contributed by atoms with van der Waals surface area (Å²) in [6, 6.07) is 4.18. The molecule has 0 radical (unpaired) electrons. The van der Waals surface area contributed by atoms with Crippen LogP contribution in [0.1, 0.15) is 37.4 Å². The van der Waals surface area contributed by atoms with E-state index in [0.29, 0.717) is 19.1 Å². The SMILES string of the molecule is NC1CCCC1c1nc2cc3c(cc2[nH]1)OCCCO3. The van der Waals surface area contributed by atoms with Crippen LogP contribution in [0.15, 0.2) is 12.1 Å². The van der Waals surface area contributed by atoms with Crippen LogP contribution in [0.4, 0.5) is 0 Å². The van der Waals surface area contributed by atoms with Crippen LogP contribution in [0.3, 0.4) is 0 Å². The van der Waals surface area contributed by atoms with Gasteiger partial charge in [0.25, 0.3) is 0 Å². The molecule has 1 aliphatic carbocycles. The van der Waals surface area contributed by atoms with Crippen LogP contribution < -0.4 is 15.2 Å². The van der Waals surface area contributed by atoms with Gasteiger partial charge in [0.2, 0.25) is 0 Å². The average molecular weight is 273 g/mol. The number of H-pyrrole nitrogens is 1. The van der Waals surface area contributed by atoms with Crippen molar-refractivity contribution in [2.24, 2.45) is 5.73 Å². The van der Waals surface area contributed by atoms with Gasteiger partial charge in [0.15, 0.2) is 11.5 Å². The van der Waals surface area contributed by atoms with Gasteiger partial charge >= 0.3 is 0 Å². The Hall–Kier alpha value is -1.75. The molecule has 2 unspecified atom stereocenters. The number of fused-ring (bicyclic) bond motifs is 2. The minimum atomic E-state index is 0.223. The van der Waals surface area contributed by atoms with Crippen molar-refractivity contribution in [2.45, 2.75) is 37.6 Å². The van der Waals surface area contributed by atoms with Gasteiger partial charge < -0.3 is 20.2 Å². The zero-order valence-electron chi connectivity index (χ0n) is 11.4. The van der Waals surface area contributed by atoms with Gasteiger partial charge in [-0.2, -0.15) is 0 Å². The summed E-state index contributed by atoms with van der Waals surface area (Å²) in [5.41, 5.74) is 8.10. The third-order valence-corrected chi connectivity index (χ3v) is 4.29. The Bertz CT molecular complexity index is 594. The standard InChI is InChI=1S/C15H19N3O2/c16-10-4-1-3-9(10)15-17-11-7-13-14(8-12(11)18-15)20-6-2-5-19-13/h7-10H,1-6,16H2,(H,17,18). The number of nitrogens with zero attached hydrogens (tertiary/aromatic N) is 1. The molecule has 2 aromatic rings. The van der Waals surface area contributed by atoms with Crippen molar-refractivity contribution in [1.82, 2.24) is 9.97 Å². The molecule has 2 aliphatic rings. The first-order valence-corrected chi connectivity index (χ1v) is 7.36.